The van der Waals surface area contributed by atoms with E-state index < -0.39 is 17.6 Å². The van der Waals surface area contributed by atoms with Gasteiger partial charge in [0.2, 0.25) is 0 Å². The number of alkyl halides is 3. The maximum absolute atomic E-state index is 12.8. The van der Waals surface area contributed by atoms with Gasteiger partial charge in [-0.2, -0.15) is 13.2 Å². The van der Waals surface area contributed by atoms with Gasteiger partial charge in [0, 0.05) is 32.7 Å². The molecular weight excluding hydrogens is 295 g/mol. The van der Waals surface area contributed by atoms with Crippen LogP contribution >= 0.6 is 0 Å². The summed E-state index contributed by atoms with van der Waals surface area (Å²) in [5.41, 5.74) is -1.22. The number of carbonyl (C=O) groups is 1. The van der Waals surface area contributed by atoms with Gasteiger partial charge in [-0.3, -0.25) is 4.79 Å². The van der Waals surface area contributed by atoms with Crippen LogP contribution in [0.25, 0.3) is 0 Å². The number of benzene rings is 1. The van der Waals surface area contributed by atoms with Gasteiger partial charge in [-0.05, 0) is 25.1 Å². The molecule has 0 radical (unpaired) electrons. The minimum atomic E-state index is -4.52. The van der Waals surface area contributed by atoms with Crippen LogP contribution in [-0.4, -0.2) is 50.1 Å². The Morgan fingerprint density at radius 2 is 1.91 bits per heavy atom. The molecule has 1 fully saturated rings. The van der Waals surface area contributed by atoms with Crippen molar-refractivity contribution in [1.29, 1.82) is 0 Å². The number of hydrogen-bond acceptors (Lipinski definition) is 3. The van der Waals surface area contributed by atoms with Gasteiger partial charge in [-0.1, -0.05) is 12.1 Å². The molecule has 0 aromatic heterocycles. The van der Waals surface area contributed by atoms with Crippen LogP contribution in [0.1, 0.15) is 22.3 Å². The van der Waals surface area contributed by atoms with Crippen LogP contribution in [0.15, 0.2) is 24.3 Å². The van der Waals surface area contributed by atoms with Crippen molar-refractivity contribution in [3.05, 3.63) is 35.4 Å². The molecule has 0 spiro atoms. The highest BCUT2D eigenvalue weighted by atomic mass is 19.4. The summed E-state index contributed by atoms with van der Waals surface area (Å²) in [5.74, 6) is -0.673. The SMILES string of the molecule is O=C(NCCCN1CCNCC1)c1ccccc1C(F)(F)F. The molecule has 122 valence electrons. The molecule has 22 heavy (non-hydrogen) atoms. The van der Waals surface area contributed by atoms with Crippen LogP contribution < -0.4 is 10.6 Å². The Balaban J connectivity index is 1.82. The monoisotopic (exact) mass is 315 g/mol. The lowest BCUT2D eigenvalue weighted by molar-refractivity contribution is -0.137. The van der Waals surface area contributed by atoms with E-state index in [1.54, 1.807) is 0 Å². The van der Waals surface area contributed by atoms with Gasteiger partial charge in [-0.25, -0.2) is 0 Å². The number of nitrogens with one attached hydrogen (secondary N) is 2. The first-order chi connectivity index (χ1) is 10.5. The smallest absolute Gasteiger partial charge is 0.352 e. The van der Waals surface area contributed by atoms with Gasteiger partial charge in [0.15, 0.2) is 0 Å². The first-order valence-electron chi connectivity index (χ1n) is 7.36. The average Bonchev–Trinajstić information content (AvgIpc) is 2.51. The molecule has 2 rings (SSSR count). The third-order valence-electron chi connectivity index (χ3n) is 3.62. The molecule has 2 N–H and O–H groups in total. The van der Waals surface area contributed by atoms with Crippen LogP contribution in [0.3, 0.4) is 0 Å². The minimum absolute atomic E-state index is 0.322. The molecule has 0 unspecified atom stereocenters. The molecule has 1 saturated heterocycles. The first kappa shape index (κ1) is 16.8. The topological polar surface area (TPSA) is 44.4 Å². The molecule has 7 heteroatoms. The van der Waals surface area contributed by atoms with Crippen molar-refractivity contribution >= 4 is 5.91 Å². The summed E-state index contributed by atoms with van der Waals surface area (Å²) in [5, 5.41) is 5.82. The Bertz CT molecular complexity index is 499. The number of hydrogen-bond donors (Lipinski definition) is 2. The predicted molar refractivity (Wildman–Crippen MR) is 77.7 cm³/mol. The normalized spacial score (nSPS) is 16.5. The fourth-order valence-corrected chi connectivity index (χ4v) is 2.46. The van der Waals surface area contributed by atoms with Gasteiger partial charge in [0.05, 0.1) is 11.1 Å². The van der Waals surface area contributed by atoms with E-state index in [0.29, 0.717) is 6.54 Å². The summed E-state index contributed by atoms with van der Waals surface area (Å²) in [6.45, 7) is 5.03. The number of carbonyl (C=O) groups excluding carboxylic acids is 1. The quantitative estimate of drug-likeness (QED) is 0.814. The third kappa shape index (κ3) is 4.71. The zero-order chi connectivity index (χ0) is 16.0. The van der Waals surface area contributed by atoms with Crippen molar-refractivity contribution in [3.8, 4) is 0 Å². The molecule has 1 aromatic rings. The molecule has 0 atom stereocenters. The maximum atomic E-state index is 12.8. The lowest BCUT2D eigenvalue weighted by atomic mass is 10.1. The highest BCUT2D eigenvalue weighted by Gasteiger charge is 2.34. The van der Waals surface area contributed by atoms with E-state index in [4.69, 9.17) is 0 Å². The van der Waals surface area contributed by atoms with Gasteiger partial charge in [0.1, 0.15) is 0 Å². The van der Waals surface area contributed by atoms with Crippen molar-refractivity contribution in [2.24, 2.45) is 0 Å². The second kappa shape index (κ2) is 7.60. The molecule has 4 nitrogen and oxygen atoms in total. The Morgan fingerprint density at radius 1 is 1.23 bits per heavy atom. The summed E-state index contributed by atoms with van der Waals surface area (Å²) in [6, 6.07) is 4.85. The molecule has 0 aliphatic carbocycles. The van der Waals surface area contributed by atoms with Crippen molar-refractivity contribution in [3.63, 3.8) is 0 Å². The summed E-state index contributed by atoms with van der Waals surface area (Å²) in [6.07, 6.45) is -3.80. The van der Waals surface area contributed by atoms with Gasteiger partial charge in [-0.15, -0.1) is 0 Å². The second-order valence-corrected chi connectivity index (χ2v) is 5.24. The molecule has 1 aliphatic heterocycles. The second-order valence-electron chi connectivity index (χ2n) is 5.24. The van der Waals surface area contributed by atoms with E-state index >= 15 is 0 Å². The minimum Gasteiger partial charge on any atom is -0.352 e. The van der Waals surface area contributed by atoms with Crippen LogP contribution in [-0.2, 0) is 6.18 Å². The molecular formula is C15H20F3N3O. The first-order valence-corrected chi connectivity index (χ1v) is 7.36. The fraction of sp³-hybridized carbons (Fsp3) is 0.533. The highest BCUT2D eigenvalue weighted by molar-refractivity contribution is 5.95. The third-order valence-corrected chi connectivity index (χ3v) is 3.62. The standard InChI is InChI=1S/C15H20F3N3O/c16-15(17,18)13-5-2-1-4-12(13)14(22)20-6-3-9-21-10-7-19-8-11-21/h1-2,4-5,19H,3,6-11H2,(H,20,22). The van der Waals surface area contributed by atoms with E-state index in [1.165, 1.54) is 18.2 Å². The molecule has 1 amide bonds. The number of rotatable bonds is 5. The summed E-state index contributed by atoms with van der Waals surface area (Å²) >= 11 is 0. The molecule has 1 aliphatic rings. The fourth-order valence-electron chi connectivity index (χ4n) is 2.46. The van der Waals surface area contributed by atoms with Gasteiger partial charge < -0.3 is 15.5 Å². The number of amides is 1. The largest absolute Gasteiger partial charge is 0.417 e. The highest BCUT2D eigenvalue weighted by Crippen LogP contribution is 2.31. The maximum Gasteiger partial charge on any atom is 0.417 e. The Hall–Kier alpha value is -1.60. The van der Waals surface area contributed by atoms with Crippen LogP contribution in [0.2, 0.25) is 0 Å². The predicted octanol–water partition coefficient (Wildman–Crippen LogP) is 1.73. The number of nitrogens with zero attached hydrogens (tertiary/aromatic N) is 1. The van der Waals surface area contributed by atoms with Crippen LogP contribution in [0.5, 0.6) is 0 Å². The Kier molecular flexibility index (Phi) is 5.79. The Morgan fingerprint density at radius 3 is 2.59 bits per heavy atom. The molecule has 1 aromatic carbocycles. The lowest BCUT2D eigenvalue weighted by Crippen LogP contribution is -2.44. The van der Waals surface area contributed by atoms with Crippen molar-refractivity contribution in [2.75, 3.05) is 39.3 Å². The van der Waals surface area contributed by atoms with E-state index in [1.807, 2.05) is 0 Å². The van der Waals surface area contributed by atoms with Gasteiger partial charge in [0.25, 0.3) is 5.91 Å². The van der Waals surface area contributed by atoms with E-state index in [-0.39, 0.29) is 5.56 Å². The van der Waals surface area contributed by atoms with Crippen molar-refractivity contribution in [2.45, 2.75) is 12.6 Å². The number of halogens is 3. The average molecular weight is 315 g/mol. The molecule has 1 heterocycles. The molecule has 0 bridgehead atoms. The molecule has 0 saturated carbocycles. The van der Waals surface area contributed by atoms with E-state index in [0.717, 1.165) is 45.2 Å². The number of piperazine rings is 1. The summed E-state index contributed by atoms with van der Waals surface area (Å²) in [4.78, 5) is 14.2. The summed E-state index contributed by atoms with van der Waals surface area (Å²) in [7, 11) is 0. The van der Waals surface area contributed by atoms with Crippen molar-refractivity contribution in [1.82, 2.24) is 15.5 Å². The Labute approximate surface area is 127 Å². The van der Waals surface area contributed by atoms with E-state index in [2.05, 4.69) is 15.5 Å². The lowest BCUT2D eigenvalue weighted by Gasteiger charge is -2.27. The zero-order valence-electron chi connectivity index (χ0n) is 12.2. The van der Waals surface area contributed by atoms with Crippen LogP contribution in [0, 0.1) is 0 Å². The zero-order valence-corrected chi connectivity index (χ0v) is 12.2. The summed E-state index contributed by atoms with van der Waals surface area (Å²) < 4.78 is 38.5. The van der Waals surface area contributed by atoms with E-state index in [9.17, 15) is 18.0 Å². The van der Waals surface area contributed by atoms with Gasteiger partial charge >= 0.3 is 6.18 Å². The van der Waals surface area contributed by atoms with Crippen LogP contribution in [0.4, 0.5) is 13.2 Å². The van der Waals surface area contributed by atoms with Crippen molar-refractivity contribution < 1.29 is 18.0 Å².